The van der Waals surface area contributed by atoms with Gasteiger partial charge in [-0.2, -0.15) is 0 Å². The molecule has 0 aliphatic rings. The number of hydrogen-bond acceptors (Lipinski definition) is 1. The van der Waals surface area contributed by atoms with E-state index in [0.29, 0.717) is 6.42 Å². The molecule has 0 amide bonds. The van der Waals surface area contributed by atoms with Crippen LogP contribution in [-0.4, -0.2) is 13.5 Å². The summed E-state index contributed by atoms with van der Waals surface area (Å²) in [6.07, 6.45) is 0.532. The monoisotopic (exact) mass is 142 g/mol. The Kier molecular flexibility index (Phi) is 3.60. The van der Waals surface area contributed by atoms with Gasteiger partial charge < -0.3 is 4.55 Å². The standard InChI is InChI=1S/C3H7ClO2S/c1-2-3(4)7(5)6/h3H,2H2,1H3,(H,5,6). The van der Waals surface area contributed by atoms with Crippen molar-refractivity contribution in [2.24, 2.45) is 0 Å². The Morgan fingerprint density at radius 2 is 2.43 bits per heavy atom. The van der Waals surface area contributed by atoms with Gasteiger partial charge >= 0.3 is 0 Å². The summed E-state index contributed by atoms with van der Waals surface area (Å²) in [5, 5.41) is 0. The lowest BCUT2D eigenvalue weighted by Gasteiger charge is -1.95. The highest BCUT2D eigenvalue weighted by Crippen LogP contribution is 2.02. The molecule has 2 nitrogen and oxygen atoms in total. The van der Waals surface area contributed by atoms with Crippen molar-refractivity contribution in [3.05, 3.63) is 0 Å². The molecule has 0 rings (SSSR count). The van der Waals surface area contributed by atoms with Crippen LogP contribution in [0.25, 0.3) is 0 Å². The molecule has 0 fully saturated rings. The predicted octanol–water partition coefficient (Wildman–Crippen LogP) is 1.18. The van der Waals surface area contributed by atoms with Crippen LogP contribution in [0.5, 0.6) is 0 Å². The minimum Gasteiger partial charge on any atom is -0.305 e. The highest BCUT2D eigenvalue weighted by molar-refractivity contribution is 7.81. The summed E-state index contributed by atoms with van der Waals surface area (Å²) < 4.78 is 17.5. The van der Waals surface area contributed by atoms with E-state index >= 15 is 0 Å². The third-order valence-corrected chi connectivity index (χ3v) is 2.08. The number of hydrogen-bond donors (Lipinski definition) is 1. The number of alkyl halides is 1. The van der Waals surface area contributed by atoms with E-state index in [0.717, 1.165) is 0 Å². The third-order valence-electron chi connectivity index (χ3n) is 0.540. The molecule has 0 aromatic heterocycles. The Bertz CT molecular complexity index is 75.3. The van der Waals surface area contributed by atoms with Crippen molar-refractivity contribution >= 4 is 22.7 Å². The van der Waals surface area contributed by atoms with Crippen molar-refractivity contribution in [2.75, 3.05) is 0 Å². The molecule has 4 heteroatoms. The molecule has 0 radical (unpaired) electrons. The van der Waals surface area contributed by atoms with Crippen LogP contribution in [0.4, 0.5) is 0 Å². The molecule has 0 aromatic carbocycles. The molecule has 0 spiro atoms. The fraction of sp³-hybridized carbons (Fsp3) is 1.00. The summed E-state index contributed by atoms with van der Waals surface area (Å²) in [5.74, 6) is 0. The topological polar surface area (TPSA) is 37.3 Å². The molecular formula is C3H7ClO2S. The molecular weight excluding hydrogens is 136 g/mol. The Labute approximate surface area is 50.1 Å². The molecule has 0 saturated carbocycles. The zero-order chi connectivity index (χ0) is 5.86. The predicted molar refractivity (Wildman–Crippen MR) is 30.7 cm³/mol. The van der Waals surface area contributed by atoms with Crippen molar-refractivity contribution in [1.82, 2.24) is 0 Å². The van der Waals surface area contributed by atoms with Crippen LogP contribution >= 0.6 is 11.6 Å². The molecule has 44 valence electrons. The van der Waals surface area contributed by atoms with E-state index < -0.39 is 15.8 Å². The highest BCUT2D eigenvalue weighted by Gasteiger charge is 2.05. The van der Waals surface area contributed by atoms with Gasteiger partial charge in [-0.15, -0.1) is 11.6 Å². The average Bonchev–Trinajstić information content (AvgIpc) is 1.65. The van der Waals surface area contributed by atoms with Gasteiger partial charge in [0.1, 0.15) is 4.71 Å². The Hall–Kier alpha value is 0.400. The summed E-state index contributed by atoms with van der Waals surface area (Å²) in [5.41, 5.74) is 0. The Morgan fingerprint density at radius 3 is 2.43 bits per heavy atom. The van der Waals surface area contributed by atoms with Gasteiger partial charge in [-0.3, -0.25) is 0 Å². The SMILES string of the molecule is CCC(Cl)S(=O)O. The van der Waals surface area contributed by atoms with Gasteiger partial charge in [0.05, 0.1) is 0 Å². The van der Waals surface area contributed by atoms with E-state index in [2.05, 4.69) is 0 Å². The first-order valence-corrected chi connectivity index (χ1v) is 3.52. The van der Waals surface area contributed by atoms with Crippen molar-refractivity contribution in [2.45, 2.75) is 18.1 Å². The second kappa shape index (κ2) is 3.41. The van der Waals surface area contributed by atoms with E-state index in [1.54, 1.807) is 6.92 Å². The molecule has 2 atom stereocenters. The van der Waals surface area contributed by atoms with Gasteiger partial charge in [0, 0.05) is 0 Å². The van der Waals surface area contributed by atoms with Crippen LogP contribution in [0, 0.1) is 0 Å². The first kappa shape index (κ1) is 7.40. The van der Waals surface area contributed by atoms with Gasteiger partial charge in [0.2, 0.25) is 0 Å². The van der Waals surface area contributed by atoms with Gasteiger partial charge in [-0.25, -0.2) is 4.21 Å². The molecule has 0 aliphatic heterocycles. The second-order valence-corrected chi connectivity index (χ2v) is 3.00. The van der Waals surface area contributed by atoms with Gasteiger partial charge in [0.15, 0.2) is 11.1 Å². The lowest BCUT2D eigenvalue weighted by atomic mass is 10.6. The normalized spacial score (nSPS) is 18.7. The molecule has 0 saturated heterocycles. The number of rotatable bonds is 2. The molecule has 0 bridgehead atoms. The van der Waals surface area contributed by atoms with E-state index in [9.17, 15) is 4.21 Å². The summed E-state index contributed by atoms with van der Waals surface area (Å²) in [6, 6.07) is 0. The van der Waals surface area contributed by atoms with Crippen LogP contribution in [-0.2, 0) is 11.1 Å². The van der Waals surface area contributed by atoms with Crippen molar-refractivity contribution in [1.29, 1.82) is 0 Å². The maximum atomic E-state index is 9.91. The molecule has 2 unspecified atom stereocenters. The van der Waals surface area contributed by atoms with Crippen LogP contribution in [0.2, 0.25) is 0 Å². The highest BCUT2D eigenvalue weighted by atomic mass is 35.5. The maximum absolute atomic E-state index is 9.91. The van der Waals surface area contributed by atoms with Crippen LogP contribution in [0.3, 0.4) is 0 Å². The van der Waals surface area contributed by atoms with Crippen LogP contribution in [0.1, 0.15) is 13.3 Å². The fourth-order valence-electron chi connectivity index (χ4n) is 0.143. The lowest BCUT2D eigenvalue weighted by Crippen LogP contribution is -2.03. The zero-order valence-corrected chi connectivity index (χ0v) is 5.50. The summed E-state index contributed by atoms with van der Waals surface area (Å²) in [7, 11) is 0. The molecule has 0 aliphatic carbocycles. The molecule has 7 heavy (non-hydrogen) atoms. The van der Waals surface area contributed by atoms with E-state index in [1.807, 2.05) is 0 Å². The fourth-order valence-corrected chi connectivity index (χ4v) is 0.428. The van der Waals surface area contributed by atoms with Crippen molar-refractivity contribution in [3.63, 3.8) is 0 Å². The Morgan fingerprint density at radius 1 is 2.00 bits per heavy atom. The van der Waals surface area contributed by atoms with E-state index in [1.165, 1.54) is 0 Å². The smallest absolute Gasteiger partial charge is 0.171 e. The second-order valence-electron chi connectivity index (χ2n) is 1.09. The minimum atomic E-state index is -1.84. The van der Waals surface area contributed by atoms with E-state index in [-0.39, 0.29) is 0 Å². The summed E-state index contributed by atoms with van der Waals surface area (Å²) in [4.78, 5) is 0. The van der Waals surface area contributed by atoms with Gasteiger partial charge in [-0.1, -0.05) is 6.92 Å². The lowest BCUT2D eigenvalue weighted by molar-refractivity contribution is 0.559. The largest absolute Gasteiger partial charge is 0.305 e. The van der Waals surface area contributed by atoms with Crippen LogP contribution in [0.15, 0.2) is 0 Å². The van der Waals surface area contributed by atoms with Crippen LogP contribution < -0.4 is 0 Å². The maximum Gasteiger partial charge on any atom is 0.171 e. The first-order chi connectivity index (χ1) is 3.18. The molecule has 0 heterocycles. The summed E-state index contributed by atoms with van der Waals surface area (Å²) in [6.45, 7) is 1.76. The Balaban J connectivity index is 3.34. The average molecular weight is 143 g/mol. The van der Waals surface area contributed by atoms with Gasteiger partial charge in [-0.05, 0) is 6.42 Å². The summed E-state index contributed by atoms with van der Waals surface area (Å²) >= 11 is 3.41. The zero-order valence-electron chi connectivity index (χ0n) is 3.93. The molecule has 1 N–H and O–H groups in total. The number of halogens is 1. The van der Waals surface area contributed by atoms with Crippen molar-refractivity contribution < 1.29 is 8.76 Å². The quantitative estimate of drug-likeness (QED) is 0.465. The first-order valence-electron chi connectivity index (χ1n) is 1.92. The molecule has 0 aromatic rings. The van der Waals surface area contributed by atoms with E-state index in [4.69, 9.17) is 16.2 Å². The third kappa shape index (κ3) is 3.02. The van der Waals surface area contributed by atoms with Crippen molar-refractivity contribution in [3.8, 4) is 0 Å². The minimum absolute atomic E-state index is 0.532. The van der Waals surface area contributed by atoms with Gasteiger partial charge in [0.25, 0.3) is 0 Å².